The maximum absolute atomic E-state index is 11.5. The molecule has 0 heterocycles. The predicted octanol–water partition coefficient (Wildman–Crippen LogP) is 2.52. The van der Waals surface area contributed by atoms with Crippen molar-refractivity contribution < 1.29 is 9.53 Å². The first-order valence-electron chi connectivity index (χ1n) is 6.53. The molecule has 0 spiro atoms. The molecule has 1 aliphatic carbocycles. The van der Waals surface area contributed by atoms with Gasteiger partial charge in [-0.25, -0.2) is 0 Å². The lowest BCUT2D eigenvalue weighted by molar-refractivity contribution is -0.121. The van der Waals surface area contributed by atoms with Crippen LogP contribution in [0.25, 0.3) is 0 Å². The average molecular weight is 327 g/mol. The van der Waals surface area contributed by atoms with E-state index in [1.807, 2.05) is 25.1 Å². The van der Waals surface area contributed by atoms with Gasteiger partial charge in [-0.05, 0) is 38.0 Å². The Morgan fingerprint density at radius 2 is 2.32 bits per heavy atom. The normalized spacial score (nSPS) is 15.9. The van der Waals surface area contributed by atoms with Gasteiger partial charge < -0.3 is 15.8 Å². The summed E-state index contributed by atoms with van der Waals surface area (Å²) >= 11 is 3.41. The Labute approximate surface area is 121 Å². The van der Waals surface area contributed by atoms with Gasteiger partial charge in [0.1, 0.15) is 5.75 Å². The van der Waals surface area contributed by atoms with Gasteiger partial charge in [0.05, 0.1) is 13.0 Å². The van der Waals surface area contributed by atoms with Crippen LogP contribution in [0, 0.1) is 0 Å². The van der Waals surface area contributed by atoms with Crippen LogP contribution in [0.5, 0.6) is 5.75 Å². The fraction of sp³-hybridized carbons (Fsp3) is 0.500. The number of nitrogens with one attached hydrogen (secondary N) is 1. The van der Waals surface area contributed by atoms with Crippen molar-refractivity contribution >= 4 is 21.8 Å². The molecule has 1 aromatic rings. The molecule has 1 amide bonds. The van der Waals surface area contributed by atoms with E-state index < -0.39 is 0 Å². The van der Waals surface area contributed by atoms with Crippen LogP contribution >= 0.6 is 15.9 Å². The Hall–Kier alpha value is -1.07. The maximum Gasteiger partial charge on any atom is 0.223 e. The molecule has 0 unspecified atom stereocenters. The molecular weight excluding hydrogens is 308 g/mol. The van der Waals surface area contributed by atoms with Gasteiger partial charge in [-0.3, -0.25) is 4.79 Å². The second-order valence-corrected chi connectivity index (χ2v) is 5.83. The number of amides is 1. The van der Waals surface area contributed by atoms with Crippen LogP contribution < -0.4 is 15.8 Å². The average Bonchev–Trinajstić information content (AvgIpc) is 3.14. The number of halogens is 1. The molecule has 0 radical (unpaired) electrons. The van der Waals surface area contributed by atoms with Crippen LogP contribution in [0.4, 0.5) is 0 Å². The first kappa shape index (κ1) is 14.3. The number of hydrogen-bond donors (Lipinski definition) is 2. The zero-order chi connectivity index (χ0) is 13.8. The lowest BCUT2D eigenvalue weighted by Crippen LogP contribution is -2.26. The van der Waals surface area contributed by atoms with E-state index in [2.05, 4.69) is 21.2 Å². The molecule has 5 heteroatoms. The van der Waals surface area contributed by atoms with E-state index in [0.29, 0.717) is 19.1 Å². The van der Waals surface area contributed by atoms with Crippen LogP contribution in [-0.2, 0) is 4.79 Å². The van der Waals surface area contributed by atoms with Gasteiger partial charge >= 0.3 is 0 Å². The van der Waals surface area contributed by atoms with Crippen molar-refractivity contribution in [3.05, 3.63) is 28.2 Å². The van der Waals surface area contributed by atoms with Crippen molar-refractivity contribution in [2.24, 2.45) is 5.73 Å². The molecule has 2 rings (SSSR count). The quantitative estimate of drug-likeness (QED) is 0.844. The van der Waals surface area contributed by atoms with Crippen LogP contribution in [0.1, 0.15) is 37.8 Å². The highest BCUT2D eigenvalue weighted by atomic mass is 79.9. The predicted molar refractivity (Wildman–Crippen MR) is 78.0 cm³/mol. The number of nitrogens with two attached hydrogens (primary N) is 1. The zero-order valence-electron chi connectivity index (χ0n) is 11.0. The summed E-state index contributed by atoms with van der Waals surface area (Å²) in [4.78, 5) is 11.5. The Bertz CT molecular complexity index is 459. The molecule has 0 aliphatic heterocycles. The number of rotatable bonds is 6. The van der Waals surface area contributed by atoms with E-state index >= 15 is 0 Å². The largest absolute Gasteiger partial charge is 0.493 e. The van der Waals surface area contributed by atoms with E-state index in [9.17, 15) is 4.79 Å². The Morgan fingerprint density at radius 1 is 1.58 bits per heavy atom. The lowest BCUT2D eigenvalue weighted by Gasteiger charge is -2.14. The van der Waals surface area contributed by atoms with Gasteiger partial charge in [-0.1, -0.05) is 15.9 Å². The SMILES string of the molecule is C[C@H](N)c1cc(Br)ccc1OCCC(=O)NC1CC1. The van der Waals surface area contributed by atoms with Crippen LogP contribution in [-0.4, -0.2) is 18.6 Å². The third-order valence-electron chi connectivity index (χ3n) is 2.99. The summed E-state index contributed by atoms with van der Waals surface area (Å²) in [6.45, 7) is 2.29. The smallest absolute Gasteiger partial charge is 0.223 e. The van der Waals surface area contributed by atoms with Gasteiger partial charge in [0.15, 0.2) is 0 Å². The summed E-state index contributed by atoms with van der Waals surface area (Å²) in [5.74, 6) is 0.805. The Balaban J connectivity index is 1.86. The van der Waals surface area contributed by atoms with E-state index in [1.165, 1.54) is 0 Å². The standard InChI is InChI=1S/C14H19BrN2O2/c1-9(16)12-8-10(15)2-5-13(12)19-7-6-14(18)17-11-3-4-11/h2,5,8-9,11H,3-4,6-7,16H2,1H3,(H,17,18)/t9-/m0/s1. The second kappa shape index (κ2) is 6.39. The van der Waals surface area contributed by atoms with Gasteiger partial charge in [0, 0.05) is 22.1 Å². The van der Waals surface area contributed by atoms with Gasteiger partial charge in [0.2, 0.25) is 5.91 Å². The summed E-state index contributed by atoms with van der Waals surface area (Å²) in [5.41, 5.74) is 6.85. The number of carbonyl (C=O) groups excluding carboxylic acids is 1. The molecule has 4 nitrogen and oxygen atoms in total. The van der Waals surface area contributed by atoms with E-state index in [1.54, 1.807) is 0 Å². The fourth-order valence-electron chi connectivity index (χ4n) is 1.79. The third-order valence-corrected chi connectivity index (χ3v) is 3.48. The summed E-state index contributed by atoms with van der Waals surface area (Å²) < 4.78 is 6.64. The van der Waals surface area contributed by atoms with Crippen molar-refractivity contribution in [3.8, 4) is 5.75 Å². The molecule has 0 aromatic heterocycles. The van der Waals surface area contributed by atoms with Crippen molar-refractivity contribution in [3.63, 3.8) is 0 Å². The van der Waals surface area contributed by atoms with Gasteiger partial charge in [-0.15, -0.1) is 0 Å². The Kier molecular flexibility index (Phi) is 4.82. The van der Waals surface area contributed by atoms with Crippen LogP contribution in [0.2, 0.25) is 0 Å². The molecule has 1 aliphatic rings. The Morgan fingerprint density at radius 3 is 2.95 bits per heavy atom. The minimum absolute atomic E-state index is 0.0574. The van der Waals surface area contributed by atoms with E-state index in [0.717, 1.165) is 28.6 Å². The molecule has 1 fully saturated rings. The molecule has 104 valence electrons. The van der Waals surface area contributed by atoms with Crippen molar-refractivity contribution in [2.45, 2.75) is 38.3 Å². The van der Waals surface area contributed by atoms with Gasteiger partial charge in [-0.2, -0.15) is 0 Å². The number of carbonyl (C=O) groups is 1. The van der Waals surface area contributed by atoms with E-state index in [4.69, 9.17) is 10.5 Å². The number of hydrogen-bond acceptors (Lipinski definition) is 3. The van der Waals surface area contributed by atoms with Gasteiger partial charge in [0.25, 0.3) is 0 Å². The molecule has 1 atom stereocenters. The topological polar surface area (TPSA) is 64.3 Å². The first-order valence-corrected chi connectivity index (χ1v) is 7.33. The van der Waals surface area contributed by atoms with Crippen molar-refractivity contribution in [1.29, 1.82) is 0 Å². The van der Waals surface area contributed by atoms with Crippen LogP contribution in [0.3, 0.4) is 0 Å². The molecular formula is C14H19BrN2O2. The minimum atomic E-state index is -0.104. The highest BCUT2D eigenvalue weighted by molar-refractivity contribution is 9.10. The molecule has 1 aromatic carbocycles. The summed E-state index contributed by atoms with van der Waals surface area (Å²) in [7, 11) is 0. The maximum atomic E-state index is 11.5. The molecule has 0 saturated heterocycles. The fourth-order valence-corrected chi connectivity index (χ4v) is 2.17. The molecule has 0 bridgehead atoms. The molecule has 19 heavy (non-hydrogen) atoms. The highest BCUT2D eigenvalue weighted by Crippen LogP contribution is 2.27. The second-order valence-electron chi connectivity index (χ2n) is 4.91. The highest BCUT2D eigenvalue weighted by Gasteiger charge is 2.22. The minimum Gasteiger partial charge on any atom is -0.493 e. The zero-order valence-corrected chi connectivity index (χ0v) is 12.6. The number of benzene rings is 1. The first-order chi connectivity index (χ1) is 9.06. The third kappa shape index (κ3) is 4.51. The summed E-state index contributed by atoms with van der Waals surface area (Å²) in [6.07, 6.45) is 2.59. The van der Waals surface area contributed by atoms with Crippen LogP contribution in [0.15, 0.2) is 22.7 Å². The van der Waals surface area contributed by atoms with E-state index in [-0.39, 0.29) is 11.9 Å². The lowest BCUT2D eigenvalue weighted by atomic mass is 10.1. The number of ether oxygens (including phenoxy) is 1. The summed E-state index contributed by atoms with van der Waals surface area (Å²) in [6, 6.07) is 6.03. The molecule has 1 saturated carbocycles. The molecule has 3 N–H and O–H groups in total. The summed E-state index contributed by atoms with van der Waals surface area (Å²) in [5, 5.41) is 2.94. The monoisotopic (exact) mass is 326 g/mol. The van der Waals surface area contributed by atoms with Crippen molar-refractivity contribution in [1.82, 2.24) is 5.32 Å². The van der Waals surface area contributed by atoms with Crippen molar-refractivity contribution in [2.75, 3.05) is 6.61 Å².